The SMILES string of the molecule is COc1cc(F)c2c(c1)[C@@]1(CCOC(N)=N1)c1cc(-c3cccnc3F)ccc1O2. The highest BCUT2D eigenvalue weighted by molar-refractivity contribution is 5.76. The lowest BCUT2D eigenvalue weighted by molar-refractivity contribution is 0.217. The Bertz CT molecular complexity index is 1200. The fraction of sp³-hybridized carbons (Fsp3) is 0.182. The number of hydrogen-bond donors (Lipinski definition) is 1. The molecule has 1 atom stereocenters. The molecule has 1 aromatic heterocycles. The van der Waals surface area contributed by atoms with Crippen LogP contribution in [0.4, 0.5) is 8.78 Å². The van der Waals surface area contributed by atoms with Gasteiger partial charge in [0.2, 0.25) is 5.95 Å². The molecule has 5 rings (SSSR count). The predicted molar refractivity (Wildman–Crippen MR) is 106 cm³/mol. The molecule has 6 nitrogen and oxygen atoms in total. The Morgan fingerprint density at radius 3 is 2.77 bits per heavy atom. The van der Waals surface area contributed by atoms with Crippen LogP contribution in [0.3, 0.4) is 0 Å². The molecule has 2 aliphatic heterocycles. The second-order valence-corrected chi connectivity index (χ2v) is 7.05. The normalized spacial score (nSPS) is 19.2. The van der Waals surface area contributed by atoms with E-state index in [1.165, 1.54) is 19.4 Å². The Morgan fingerprint density at radius 2 is 2.00 bits per heavy atom. The van der Waals surface area contributed by atoms with E-state index >= 15 is 0 Å². The zero-order valence-corrected chi connectivity index (χ0v) is 16.0. The van der Waals surface area contributed by atoms with E-state index in [0.717, 1.165) is 0 Å². The molecule has 3 aromatic rings. The molecule has 0 bridgehead atoms. The molecule has 8 heteroatoms. The van der Waals surface area contributed by atoms with Gasteiger partial charge in [-0.15, -0.1) is 0 Å². The van der Waals surface area contributed by atoms with Crippen molar-refractivity contribution in [2.75, 3.05) is 13.7 Å². The third-order valence-electron chi connectivity index (χ3n) is 5.42. The van der Waals surface area contributed by atoms with Gasteiger partial charge < -0.3 is 19.9 Å². The van der Waals surface area contributed by atoms with Gasteiger partial charge in [-0.2, -0.15) is 4.39 Å². The molecule has 0 unspecified atom stereocenters. The van der Waals surface area contributed by atoms with Crippen molar-refractivity contribution in [2.45, 2.75) is 12.0 Å². The number of methoxy groups -OCH3 is 1. The topological polar surface area (TPSA) is 79.0 Å². The van der Waals surface area contributed by atoms with Crippen LogP contribution in [0.5, 0.6) is 17.2 Å². The lowest BCUT2D eigenvalue weighted by atomic mass is 9.77. The van der Waals surface area contributed by atoms with Crippen LogP contribution in [0.1, 0.15) is 17.5 Å². The second kappa shape index (κ2) is 6.69. The smallest absolute Gasteiger partial charge is 0.283 e. The van der Waals surface area contributed by atoms with Crippen LogP contribution in [0.15, 0.2) is 53.7 Å². The molecule has 0 saturated heterocycles. The first-order valence-corrected chi connectivity index (χ1v) is 9.31. The van der Waals surface area contributed by atoms with Crippen molar-refractivity contribution in [1.29, 1.82) is 0 Å². The van der Waals surface area contributed by atoms with Crippen LogP contribution >= 0.6 is 0 Å². The monoisotopic (exact) mass is 409 g/mol. The maximum absolute atomic E-state index is 14.9. The summed E-state index contributed by atoms with van der Waals surface area (Å²) in [5.41, 5.74) is 6.90. The lowest BCUT2D eigenvalue weighted by Gasteiger charge is -2.39. The van der Waals surface area contributed by atoms with Crippen LogP contribution in [0.2, 0.25) is 0 Å². The first-order chi connectivity index (χ1) is 14.5. The number of benzene rings is 2. The highest BCUT2D eigenvalue weighted by Gasteiger charge is 2.46. The molecular formula is C22H17F2N3O3. The fourth-order valence-corrected chi connectivity index (χ4v) is 4.03. The van der Waals surface area contributed by atoms with Crippen LogP contribution in [-0.2, 0) is 10.3 Å². The highest BCUT2D eigenvalue weighted by Crippen LogP contribution is 2.54. The number of fused-ring (bicyclic) bond motifs is 4. The summed E-state index contributed by atoms with van der Waals surface area (Å²) in [6.45, 7) is 0.276. The number of halogens is 2. The third kappa shape index (κ3) is 2.67. The first-order valence-electron chi connectivity index (χ1n) is 9.31. The molecule has 0 amide bonds. The van der Waals surface area contributed by atoms with Gasteiger partial charge >= 0.3 is 0 Å². The van der Waals surface area contributed by atoms with Crippen LogP contribution in [0.25, 0.3) is 11.1 Å². The summed E-state index contributed by atoms with van der Waals surface area (Å²) in [4.78, 5) is 8.31. The Balaban J connectivity index is 1.79. The van der Waals surface area contributed by atoms with Crippen molar-refractivity contribution in [2.24, 2.45) is 10.7 Å². The molecular weight excluding hydrogens is 392 g/mol. The molecule has 1 spiro atoms. The maximum Gasteiger partial charge on any atom is 0.283 e. The Hall–Kier alpha value is -3.68. The molecule has 0 aliphatic carbocycles. The third-order valence-corrected chi connectivity index (χ3v) is 5.42. The standard InChI is InChI=1S/C22H17F2N3O3/c1-28-13-10-16-19(17(23)11-13)30-18-5-4-12(14-3-2-7-26-20(14)24)9-15(18)22(16)6-8-29-21(25)27-22/h2-5,7,9-11H,6,8H2,1H3,(H2,25,27)/t22-/m1/s1. The van der Waals surface area contributed by atoms with Gasteiger partial charge in [0, 0.05) is 35.4 Å². The van der Waals surface area contributed by atoms with E-state index in [1.54, 1.807) is 36.4 Å². The van der Waals surface area contributed by atoms with Gasteiger partial charge in [-0.05, 0) is 35.9 Å². The predicted octanol–water partition coefficient (Wildman–Crippen LogP) is 4.12. The van der Waals surface area contributed by atoms with E-state index in [1.807, 2.05) is 0 Å². The van der Waals surface area contributed by atoms with E-state index in [2.05, 4.69) is 9.98 Å². The van der Waals surface area contributed by atoms with Gasteiger partial charge in [-0.3, -0.25) is 0 Å². The number of nitrogens with zero attached hydrogens (tertiary/aromatic N) is 2. The van der Waals surface area contributed by atoms with E-state index in [0.29, 0.717) is 40.2 Å². The van der Waals surface area contributed by atoms with E-state index in [9.17, 15) is 8.78 Å². The zero-order valence-electron chi connectivity index (χ0n) is 16.0. The Labute approximate surface area is 170 Å². The minimum atomic E-state index is -1.06. The van der Waals surface area contributed by atoms with E-state index < -0.39 is 17.3 Å². The number of rotatable bonds is 2. The van der Waals surface area contributed by atoms with Gasteiger partial charge in [0.1, 0.15) is 17.0 Å². The molecule has 152 valence electrons. The van der Waals surface area contributed by atoms with Crippen molar-refractivity contribution in [3.63, 3.8) is 0 Å². The molecule has 30 heavy (non-hydrogen) atoms. The number of amidine groups is 1. The highest BCUT2D eigenvalue weighted by atomic mass is 19.1. The number of hydrogen-bond acceptors (Lipinski definition) is 6. The minimum Gasteiger partial charge on any atom is -0.497 e. The minimum absolute atomic E-state index is 0.0127. The quantitative estimate of drug-likeness (QED) is 0.644. The van der Waals surface area contributed by atoms with E-state index in [4.69, 9.17) is 19.9 Å². The second-order valence-electron chi connectivity index (χ2n) is 7.05. The van der Waals surface area contributed by atoms with Gasteiger partial charge in [0.15, 0.2) is 11.6 Å². The zero-order chi connectivity index (χ0) is 20.9. The summed E-state index contributed by atoms with van der Waals surface area (Å²) in [5, 5.41) is 0. The summed E-state index contributed by atoms with van der Waals surface area (Å²) in [7, 11) is 1.45. The van der Waals surface area contributed by atoms with Crippen molar-refractivity contribution in [3.8, 4) is 28.4 Å². The average molecular weight is 409 g/mol. The molecule has 0 radical (unpaired) electrons. The summed E-state index contributed by atoms with van der Waals surface area (Å²) in [6.07, 6.45) is 1.78. The Kier molecular flexibility index (Phi) is 4.09. The summed E-state index contributed by atoms with van der Waals surface area (Å²) in [6, 6.07) is 11.4. The molecule has 2 aliphatic rings. The van der Waals surface area contributed by atoms with Crippen molar-refractivity contribution >= 4 is 6.02 Å². The number of aromatic nitrogens is 1. The molecule has 2 N–H and O–H groups in total. The van der Waals surface area contributed by atoms with Gasteiger partial charge in [0.05, 0.1) is 13.7 Å². The number of pyridine rings is 1. The van der Waals surface area contributed by atoms with Crippen molar-refractivity contribution < 1.29 is 23.0 Å². The molecule has 2 aromatic carbocycles. The number of ether oxygens (including phenoxy) is 3. The molecule has 3 heterocycles. The average Bonchev–Trinajstić information content (AvgIpc) is 2.75. The maximum atomic E-state index is 14.9. The van der Waals surface area contributed by atoms with Crippen LogP contribution in [0, 0.1) is 11.8 Å². The summed E-state index contributed by atoms with van der Waals surface area (Å²) >= 11 is 0. The van der Waals surface area contributed by atoms with Crippen LogP contribution < -0.4 is 15.2 Å². The largest absolute Gasteiger partial charge is 0.497 e. The summed E-state index contributed by atoms with van der Waals surface area (Å²) < 4.78 is 45.7. The lowest BCUT2D eigenvalue weighted by Crippen LogP contribution is -2.38. The first kappa shape index (κ1) is 18.4. The van der Waals surface area contributed by atoms with Gasteiger partial charge in [-0.25, -0.2) is 14.4 Å². The number of aliphatic imine (C=N–C) groups is 1. The van der Waals surface area contributed by atoms with Crippen LogP contribution in [-0.4, -0.2) is 24.7 Å². The number of nitrogens with two attached hydrogens (primary N) is 1. The van der Waals surface area contributed by atoms with E-state index in [-0.39, 0.29) is 18.4 Å². The van der Waals surface area contributed by atoms with Crippen molar-refractivity contribution in [3.05, 3.63) is 71.6 Å². The molecule has 0 saturated carbocycles. The van der Waals surface area contributed by atoms with Gasteiger partial charge in [-0.1, -0.05) is 6.07 Å². The molecule has 0 fully saturated rings. The Morgan fingerprint density at radius 1 is 1.13 bits per heavy atom. The van der Waals surface area contributed by atoms with Crippen molar-refractivity contribution in [1.82, 2.24) is 4.98 Å². The summed E-state index contributed by atoms with van der Waals surface area (Å²) in [5.74, 6) is -0.365. The fourth-order valence-electron chi connectivity index (χ4n) is 4.03. The van der Waals surface area contributed by atoms with Gasteiger partial charge in [0.25, 0.3) is 6.02 Å².